The molecule has 0 aliphatic heterocycles. The van der Waals surface area contributed by atoms with Crippen molar-refractivity contribution in [3.05, 3.63) is 18.5 Å². The maximum Gasteiger partial charge on any atom is 0.217 e. The van der Waals surface area contributed by atoms with E-state index in [0.29, 0.717) is 5.69 Å². The molecule has 0 radical (unpaired) electrons. The van der Waals surface area contributed by atoms with Crippen LogP contribution in [0.15, 0.2) is 22.9 Å². The molecule has 0 saturated carbocycles. The molecule has 0 fully saturated rings. The topological polar surface area (TPSA) is 44.1 Å². The maximum atomic E-state index is 5.58. The summed E-state index contributed by atoms with van der Waals surface area (Å²) >= 11 is 2.13. The first-order valence-corrected chi connectivity index (χ1v) is 3.75. The summed E-state index contributed by atoms with van der Waals surface area (Å²) in [7, 11) is 0. The van der Waals surface area contributed by atoms with Gasteiger partial charge in [-0.3, -0.25) is 2.78 Å². The van der Waals surface area contributed by atoms with Gasteiger partial charge in [-0.2, -0.15) is 0 Å². The number of hydrogen-bond acceptors (Lipinski definition) is 2. The third-order valence-electron chi connectivity index (χ3n) is 1.41. The monoisotopic (exact) mass is 248 g/mol. The predicted molar refractivity (Wildman–Crippen MR) is 48.0 cm³/mol. The van der Waals surface area contributed by atoms with Crippen LogP contribution in [-0.4, -0.2) is 2.78 Å². The maximum absolute atomic E-state index is 5.58. The van der Waals surface area contributed by atoms with E-state index in [2.05, 4.69) is 22.9 Å². The van der Waals surface area contributed by atoms with Crippen LogP contribution in [-0.2, 0) is 0 Å². The van der Waals surface area contributed by atoms with E-state index in [1.807, 2.05) is 15.0 Å². The minimum absolute atomic E-state index is 0.699. The highest BCUT2D eigenvalue weighted by atomic mass is 127. The number of halogens is 1. The molecule has 2 aromatic rings. The first-order valence-electron chi connectivity index (χ1n) is 2.79. The molecule has 2 aromatic heterocycles. The fourth-order valence-electron chi connectivity index (χ4n) is 0.910. The Kier molecular flexibility index (Phi) is 1.17. The number of hydrogen-bond donors (Lipinski definition) is 1. The Morgan fingerprint density at radius 3 is 3.10 bits per heavy atom. The summed E-state index contributed by atoms with van der Waals surface area (Å²) in [5.74, 6) is 0. The first-order chi connectivity index (χ1) is 4.79. The largest absolute Gasteiger partial charge is 0.445 e. The molecule has 0 saturated heterocycles. The van der Waals surface area contributed by atoms with Crippen molar-refractivity contribution in [1.29, 1.82) is 0 Å². The van der Waals surface area contributed by atoms with Crippen molar-refractivity contribution >= 4 is 39.7 Å². The van der Waals surface area contributed by atoms with Crippen molar-refractivity contribution in [3.63, 3.8) is 0 Å². The van der Waals surface area contributed by atoms with Gasteiger partial charge in [-0.1, -0.05) is 0 Å². The summed E-state index contributed by atoms with van der Waals surface area (Å²) in [4.78, 5) is 0. The molecular formula is C6H5IN2O. The molecule has 4 heteroatoms. The summed E-state index contributed by atoms with van der Waals surface area (Å²) < 4.78 is 7.01. The average Bonchev–Trinajstić information content (AvgIpc) is 2.41. The van der Waals surface area contributed by atoms with Crippen LogP contribution in [0.2, 0.25) is 0 Å². The van der Waals surface area contributed by atoms with Crippen LogP contribution in [0.1, 0.15) is 0 Å². The van der Waals surface area contributed by atoms with Crippen molar-refractivity contribution in [2.24, 2.45) is 0 Å². The minimum atomic E-state index is 0.699. The van der Waals surface area contributed by atoms with E-state index < -0.39 is 0 Å². The van der Waals surface area contributed by atoms with Gasteiger partial charge in [0.15, 0.2) is 0 Å². The second-order valence-electron chi connectivity index (χ2n) is 2.04. The fraction of sp³-hybridized carbons (Fsp3) is 0. The highest BCUT2D eigenvalue weighted by Crippen LogP contribution is 2.25. The van der Waals surface area contributed by atoms with E-state index in [-0.39, 0.29) is 0 Å². The van der Waals surface area contributed by atoms with Crippen LogP contribution in [0.3, 0.4) is 0 Å². The molecule has 0 atom stereocenters. The molecule has 52 valence electrons. The number of aromatic nitrogens is 1. The van der Waals surface area contributed by atoms with Gasteiger partial charge in [0.1, 0.15) is 6.26 Å². The molecule has 10 heavy (non-hydrogen) atoms. The fourth-order valence-corrected chi connectivity index (χ4v) is 1.44. The number of fused-ring (bicyclic) bond motifs is 1. The number of anilines is 1. The molecule has 2 heterocycles. The van der Waals surface area contributed by atoms with E-state index in [9.17, 15) is 0 Å². The van der Waals surface area contributed by atoms with Gasteiger partial charge in [0.2, 0.25) is 5.71 Å². The van der Waals surface area contributed by atoms with Gasteiger partial charge in [-0.25, -0.2) is 0 Å². The van der Waals surface area contributed by atoms with Crippen LogP contribution >= 0.6 is 22.9 Å². The lowest BCUT2D eigenvalue weighted by Gasteiger charge is -1.81. The average molecular weight is 248 g/mol. The van der Waals surface area contributed by atoms with E-state index in [0.717, 1.165) is 11.1 Å². The Morgan fingerprint density at radius 2 is 2.40 bits per heavy atom. The Labute approximate surface area is 71.3 Å². The Balaban J connectivity index is 2.95. The first kappa shape index (κ1) is 6.09. The van der Waals surface area contributed by atoms with Gasteiger partial charge in [0.05, 0.1) is 33.9 Å². The number of furan rings is 1. The molecule has 0 spiro atoms. The summed E-state index contributed by atoms with van der Waals surface area (Å²) in [6, 6.07) is 1.93. The molecule has 3 nitrogen and oxygen atoms in total. The molecule has 0 aromatic carbocycles. The van der Waals surface area contributed by atoms with Gasteiger partial charge >= 0.3 is 0 Å². The van der Waals surface area contributed by atoms with Crippen molar-refractivity contribution in [1.82, 2.24) is 2.78 Å². The molecule has 0 aliphatic carbocycles. The zero-order chi connectivity index (χ0) is 7.14. The summed E-state index contributed by atoms with van der Waals surface area (Å²) in [5, 5.41) is 0.981. The normalized spacial score (nSPS) is 10.9. The van der Waals surface area contributed by atoms with Gasteiger partial charge in [0, 0.05) is 6.20 Å². The number of rotatable bonds is 0. The van der Waals surface area contributed by atoms with E-state index in [1.54, 1.807) is 6.26 Å². The second-order valence-corrected chi connectivity index (χ2v) is 3.08. The molecule has 2 rings (SSSR count). The van der Waals surface area contributed by atoms with Crippen molar-refractivity contribution in [2.45, 2.75) is 0 Å². The lowest BCUT2D eigenvalue weighted by molar-refractivity contribution is 0.604. The summed E-state index contributed by atoms with van der Waals surface area (Å²) in [5.41, 5.74) is 7.10. The molecule has 2 N–H and O–H groups in total. The Bertz CT molecular complexity index is 327. The summed E-state index contributed by atoms with van der Waals surface area (Å²) in [6.07, 6.45) is 3.46. The third-order valence-corrected chi connectivity index (χ3v) is 2.16. The van der Waals surface area contributed by atoms with Crippen LogP contribution in [0.5, 0.6) is 0 Å². The molecule has 0 unspecified atom stereocenters. The van der Waals surface area contributed by atoms with Gasteiger partial charge in [-0.15, -0.1) is 0 Å². The lowest BCUT2D eigenvalue weighted by atomic mass is 10.4. The Morgan fingerprint density at radius 1 is 1.60 bits per heavy atom. The molecular weight excluding hydrogens is 243 g/mol. The van der Waals surface area contributed by atoms with Gasteiger partial charge in [-0.05, 0) is 6.07 Å². The van der Waals surface area contributed by atoms with Crippen molar-refractivity contribution < 1.29 is 4.42 Å². The highest BCUT2D eigenvalue weighted by Gasteiger charge is 2.04. The molecule has 0 aliphatic rings. The zero-order valence-corrected chi connectivity index (χ0v) is 7.20. The number of nitrogens with two attached hydrogens (primary N) is 1. The van der Waals surface area contributed by atoms with Crippen LogP contribution in [0, 0.1) is 0 Å². The third kappa shape index (κ3) is 0.650. The number of nitrogens with zero attached hydrogens (tertiary/aromatic N) is 1. The van der Waals surface area contributed by atoms with Crippen LogP contribution in [0.25, 0.3) is 11.1 Å². The lowest BCUT2D eigenvalue weighted by Crippen LogP contribution is -1.77. The molecule has 0 bridgehead atoms. The molecule has 0 amide bonds. The predicted octanol–water partition coefficient (Wildman–Crippen LogP) is 2.01. The van der Waals surface area contributed by atoms with E-state index >= 15 is 0 Å². The van der Waals surface area contributed by atoms with Crippen molar-refractivity contribution in [3.8, 4) is 0 Å². The van der Waals surface area contributed by atoms with Gasteiger partial charge < -0.3 is 10.2 Å². The minimum Gasteiger partial charge on any atom is -0.445 e. The standard InChI is InChI=1S/C6H5IN2O/c7-9-2-1-4-5(8)3-10-6(4)9/h1-3H,8H2. The smallest absolute Gasteiger partial charge is 0.217 e. The van der Waals surface area contributed by atoms with Crippen molar-refractivity contribution in [2.75, 3.05) is 5.73 Å². The Hall–Kier alpha value is -0.650. The van der Waals surface area contributed by atoms with Crippen LogP contribution < -0.4 is 5.73 Å². The van der Waals surface area contributed by atoms with E-state index in [1.165, 1.54) is 0 Å². The SMILES string of the molecule is Nc1coc2c1ccn2I. The highest BCUT2D eigenvalue weighted by molar-refractivity contribution is 14.1. The van der Waals surface area contributed by atoms with Gasteiger partial charge in [0.25, 0.3) is 0 Å². The van der Waals surface area contributed by atoms with Crippen LogP contribution in [0.4, 0.5) is 5.69 Å². The number of nitrogen functional groups attached to an aromatic ring is 1. The van der Waals surface area contributed by atoms with E-state index in [4.69, 9.17) is 10.2 Å². The summed E-state index contributed by atoms with van der Waals surface area (Å²) in [6.45, 7) is 0. The zero-order valence-electron chi connectivity index (χ0n) is 5.04. The second kappa shape index (κ2) is 1.91. The quantitative estimate of drug-likeness (QED) is 0.724.